The van der Waals surface area contributed by atoms with E-state index in [0.717, 1.165) is 0 Å². The number of hydrogen-bond acceptors (Lipinski definition) is 4. The molecule has 5 nitrogen and oxygen atoms in total. The summed E-state index contributed by atoms with van der Waals surface area (Å²) in [6, 6.07) is 3.99. The molecule has 4 N–H and O–H groups in total. The van der Waals surface area contributed by atoms with E-state index in [1.807, 2.05) is 0 Å². The number of phenolic OH excluding ortho intramolecular Hbond substituents is 1. The predicted molar refractivity (Wildman–Crippen MR) is 62.0 cm³/mol. The van der Waals surface area contributed by atoms with Gasteiger partial charge in [0.25, 0.3) is 5.91 Å². The van der Waals surface area contributed by atoms with Crippen LogP contribution in [0.15, 0.2) is 18.2 Å². The summed E-state index contributed by atoms with van der Waals surface area (Å²) in [5.74, 6) is -0.728. The van der Waals surface area contributed by atoms with Crippen molar-refractivity contribution in [2.75, 3.05) is 6.54 Å². The van der Waals surface area contributed by atoms with Crippen molar-refractivity contribution in [3.63, 3.8) is 0 Å². The van der Waals surface area contributed by atoms with Gasteiger partial charge in [0.1, 0.15) is 5.75 Å². The van der Waals surface area contributed by atoms with E-state index in [1.54, 1.807) is 12.1 Å². The topological polar surface area (TPSA) is 92.4 Å². The zero-order chi connectivity index (χ0) is 12.4. The maximum absolute atomic E-state index is 12.1. The van der Waals surface area contributed by atoms with Crippen LogP contribution in [0.2, 0.25) is 0 Å². The molecule has 0 spiro atoms. The largest absolute Gasteiger partial charge is 0.507 e. The van der Waals surface area contributed by atoms with Crippen LogP contribution < -0.4 is 11.1 Å². The Hall–Kier alpha value is -1.88. The van der Waals surface area contributed by atoms with Crippen LogP contribution in [0.4, 0.5) is 0 Å². The Morgan fingerprint density at radius 1 is 1.35 bits per heavy atom. The van der Waals surface area contributed by atoms with Crippen LogP contribution in [0.5, 0.6) is 5.75 Å². The molecule has 1 aromatic carbocycles. The predicted octanol–water partition coefficient (Wildman–Crippen LogP) is 0.426. The number of rotatable bonds is 3. The monoisotopic (exact) mass is 234 g/mol. The first-order chi connectivity index (χ1) is 8.15. The molecule has 1 aliphatic rings. The molecule has 0 aromatic heterocycles. The molecule has 1 heterocycles. The second-order valence-electron chi connectivity index (χ2n) is 4.02. The van der Waals surface area contributed by atoms with Crippen LogP contribution >= 0.6 is 0 Å². The molecule has 0 saturated heterocycles. The maximum Gasteiger partial charge on any atom is 0.256 e. The molecule has 0 radical (unpaired) electrons. The number of carbonyl (C=O) groups is 2. The lowest BCUT2D eigenvalue weighted by molar-refractivity contribution is 0.0820. The van der Waals surface area contributed by atoms with Crippen LogP contribution in [0.3, 0.4) is 0 Å². The highest BCUT2D eigenvalue weighted by atomic mass is 16.3. The van der Waals surface area contributed by atoms with E-state index in [0.29, 0.717) is 19.4 Å². The van der Waals surface area contributed by atoms with Gasteiger partial charge in [-0.25, -0.2) is 0 Å². The van der Waals surface area contributed by atoms with Gasteiger partial charge in [-0.2, -0.15) is 0 Å². The van der Waals surface area contributed by atoms with Crippen LogP contribution in [0.25, 0.3) is 0 Å². The minimum atomic E-state index is -0.527. The first-order valence-corrected chi connectivity index (χ1v) is 5.52. The van der Waals surface area contributed by atoms with Gasteiger partial charge >= 0.3 is 0 Å². The van der Waals surface area contributed by atoms with Gasteiger partial charge in [-0.1, -0.05) is 12.1 Å². The van der Waals surface area contributed by atoms with Crippen LogP contribution in [0.1, 0.15) is 33.6 Å². The van der Waals surface area contributed by atoms with E-state index in [-0.39, 0.29) is 22.7 Å². The van der Waals surface area contributed by atoms with Crippen molar-refractivity contribution >= 4 is 11.7 Å². The third-order valence-electron chi connectivity index (χ3n) is 2.85. The van der Waals surface area contributed by atoms with Crippen molar-refractivity contribution in [1.82, 2.24) is 5.32 Å². The fourth-order valence-corrected chi connectivity index (χ4v) is 1.99. The van der Waals surface area contributed by atoms with Crippen molar-refractivity contribution in [1.29, 1.82) is 0 Å². The Bertz CT molecular complexity index is 471. The van der Waals surface area contributed by atoms with Gasteiger partial charge in [-0.15, -0.1) is 0 Å². The molecule has 0 bridgehead atoms. The number of benzene rings is 1. The highest BCUT2D eigenvalue weighted by molar-refractivity contribution is 6.16. The number of nitrogens with one attached hydrogen (secondary N) is 1. The summed E-state index contributed by atoms with van der Waals surface area (Å²) in [5.41, 5.74) is 5.74. The molecule has 5 heteroatoms. The Balaban J connectivity index is 2.35. The zero-order valence-corrected chi connectivity index (χ0v) is 9.27. The number of phenols is 1. The van der Waals surface area contributed by atoms with E-state index >= 15 is 0 Å². The number of amides is 1. The van der Waals surface area contributed by atoms with Crippen LogP contribution in [-0.4, -0.2) is 29.4 Å². The van der Waals surface area contributed by atoms with Crippen molar-refractivity contribution in [2.45, 2.75) is 18.9 Å². The number of aromatic hydroxyl groups is 1. The van der Waals surface area contributed by atoms with Crippen LogP contribution in [-0.2, 0) is 0 Å². The minimum absolute atomic E-state index is 0.0708. The molecule has 1 atom stereocenters. The highest BCUT2D eigenvalue weighted by Crippen LogP contribution is 2.26. The molecule has 0 fully saturated rings. The molecule has 1 aromatic rings. The van der Waals surface area contributed by atoms with Gasteiger partial charge in [0.15, 0.2) is 5.78 Å². The molecule has 17 heavy (non-hydrogen) atoms. The van der Waals surface area contributed by atoms with Gasteiger partial charge in [0, 0.05) is 5.56 Å². The van der Waals surface area contributed by atoms with E-state index in [1.165, 1.54) is 6.07 Å². The third kappa shape index (κ3) is 2.01. The fourth-order valence-electron chi connectivity index (χ4n) is 1.99. The summed E-state index contributed by atoms with van der Waals surface area (Å²) in [7, 11) is 0. The number of Topliss-reactive ketones (excluding diaryl/α,β-unsaturated/α-hetero) is 1. The molecule has 1 amide bonds. The summed E-state index contributed by atoms with van der Waals surface area (Å²) in [4.78, 5) is 23.8. The lowest BCUT2D eigenvalue weighted by Gasteiger charge is -2.24. The summed E-state index contributed by atoms with van der Waals surface area (Å²) >= 11 is 0. The molecular weight excluding hydrogens is 220 g/mol. The second kappa shape index (κ2) is 4.55. The Morgan fingerprint density at radius 2 is 2.12 bits per heavy atom. The summed E-state index contributed by atoms with van der Waals surface area (Å²) in [6.07, 6.45) is 1.20. The summed E-state index contributed by atoms with van der Waals surface area (Å²) in [6.45, 7) is 0.479. The molecule has 0 unspecified atom stereocenters. The number of hydrogen-bond donors (Lipinski definition) is 3. The Morgan fingerprint density at radius 3 is 2.82 bits per heavy atom. The lowest BCUT2D eigenvalue weighted by Crippen LogP contribution is -2.46. The average molecular weight is 234 g/mol. The average Bonchev–Trinajstić information content (AvgIpc) is 2.31. The standard InChI is InChI=1S/C12H14N2O3/c13-6-2-4-8-11(16)7-3-1-5-9(15)10(7)12(17)14-8/h1,3,5,8,15H,2,4,6,13H2,(H,14,17)/t8-/m0/s1. The molecule has 90 valence electrons. The first-order valence-electron chi connectivity index (χ1n) is 5.52. The maximum atomic E-state index is 12.1. The number of fused-ring (bicyclic) bond motifs is 1. The molecule has 0 saturated carbocycles. The van der Waals surface area contributed by atoms with Gasteiger partial charge in [-0.3, -0.25) is 9.59 Å². The lowest BCUT2D eigenvalue weighted by atomic mass is 9.91. The van der Waals surface area contributed by atoms with Crippen molar-refractivity contribution in [3.05, 3.63) is 29.3 Å². The quantitative estimate of drug-likeness (QED) is 0.707. The van der Waals surface area contributed by atoms with E-state index < -0.39 is 11.9 Å². The van der Waals surface area contributed by atoms with Crippen molar-refractivity contribution < 1.29 is 14.7 Å². The van der Waals surface area contributed by atoms with E-state index in [2.05, 4.69) is 5.32 Å². The van der Waals surface area contributed by atoms with Gasteiger partial charge in [-0.05, 0) is 25.5 Å². The summed E-state index contributed by atoms with van der Waals surface area (Å²) < 4.78 is 0. The Kier molecular flexibility index (Phi) is 3.10. The van der Waals surface area contributed by atoms with E-state index in [4.69, 9.17) is 5.73 Å². The summed E-state index contributed by atoms with van der Waals surface area (Å²) in [5, 5.41) is 12.2. The number of ketones is 1. The van der Waals surface area contributed by atoms with E-state index in [9.17, 15) is 14.7 Å². The van der Waals surface area contributed by atoms with Crippen molar-refractivity contribution in [3.8, 4) is 5.75 Å². The normalized spacial score (nSPS) is 18.8. The molecular formula is C12H14N2O3. The van der Waals surface area contributed by atoms with Crippen molar-refractivity contribution in [2.24, 2.45) is 5.73 Å². The molecule has 0 aliphatic carbocycles. The fraction of sp³-hybridized carbons (Fsp3) is 0.333. The number of carbonyl (C=O) groups excluding carboxylic acids is 2. The smallest absolute Gasteiger partial charge is 0.256 e. The Labute approximate surface area is 98.6 Å². The first kappa shape index (κ1) is 11.6. The molecule has 1 aliphatic heterocycles. The molecule has 2 rings (SSSR count). The minimum Gasteiger partial charge on any atom is -0.507 e. The van der Waals surface area contributed by atoms with Gasteiger partial charge in [0.2, 0.25) is 0 Å². The van der Waals surface area contributed by atoms with Gasteiger partial charge in [0.05, 0.1) is 11.6 Å². The third-order valence-corrected chi connectivity index (χ3v) is 2.85. The SMILES string of the molecule is NCCC[C@@H]1NC(=O)c2c(O)cccc2C1=O. The van der Waals surface area contributed by atoms with Gasteiger partial charge < -0.3 is 16.2 Å². The second-order valence-corrected chi connectivity index (χ2v) is 4.02. The van der Waals surface area contributed by atoms with Crippen LogP contribution in [0, 0.1) is 0 Å². The number of nitrogens with two attached hydrogens (primary N) is 1. The highest BCUT2D eigenvalue weighted by Gasteiger charge is 2.33. The zero-order valence-electron chi connectivity index (χ0n) is 9.27.